The quantitative estimate of drug-likeness (QED) is 0.613. The normalized spacial score (nSPS) is 11.1. The lowest BCUT2D eigenvalue weighted by Gasteiger charge is -2.13. The van der Waals surface area contributed by atoms with Gasteiger partial charge in [-0.2, -0.15) is 0 Å². The van der Waals surface area contributed by atoms with Crippen LogP contribution in [-0.4, -0.2) is 0 Å². The molecule has 1 unspecified atom stereocenters. The van der Waals surface area contributed by atoms with Gasteiger partial charge in [-0.25, -0.2) is 0 Å². The molecule has 0 bridgehead atoms. The van der Waals surface area contributed by atoms with Crippen LogP contribution < -0.4 is 0 Å². The van der Waals surface area contributed by atoms with Crippen LogP contribution in [0.5, 0.6) is 0 Å². The molecule has 0 aliphatic heterocycles. The zero-order valence-electron chi connectivity index (χ0n) is 11.8. The molecule has 0 aliphatic carbocycles. The molecule has 0 heteroatoms. The van der Waals surface area contributed by atoms with Crippen molar-refractivity contribution in [2.45, 2.75) is 40.5 Å². The zero-order chi connectivity index (χ0) is 13.3. The fourth-order valence-corrected chi connectivity index (χ4v) is 1.57. The molecule has 1 atom stereocenters. The topological polar surface area (TPSA) is 0 Å². The Morgan fingerprint density at radius 3 is 2.18 bits per heavy atom. The number of aryl methyl sites for hydroxylation is 1. The standard InChI is InChI=1S/C14H20.C3H6/c1-5-12(3)13(4)10-14-8-6-11(2)7-9-14;1-3-2/h6-9,13H,3,5,10H2,1-2,4H3;3H,1H2,2H3. The summed E-state index contributed by atoms with van der Waals surface area (Å²) in [6, 6.07) is 8.79. The highest BCUT2D eigenvalue weighted by Crippen LogP contribution is 2.17. The molecule has 0 nitrogen and oxygen atoms in total. The SMILES string of the molecule is C=C(CC)C(C)Cc1ccc(C)cc1.C=CC. The maximum absolute atomic E-state index is 4.09. The fourth-order valence-electron chi connectivity index (χ4n) is 1.57. The van der Waals surface area contributed by atoms with Crippen LogP contribution >= 0.6 is 0 Å². The average molecular weight is 230 g/mol. The van der Waals surface area contributed by atoms with Gasteiger partial charge >= 0.3 is 0 Å². The predicted octanol–water partition coefficient (Wildman–Crippen LogP) is 5.33. The van der Waals surface area contributed by atoms with Crippen LogP contribution in [0.25, 0.3) is 0 Å². The summed E-state index contributed by atoms with van der Waals surface area (Å²) in [4.78, 5) is 0. The van der Waals surface area contributed by atoms with Crippen molar-refractivity contribution in [3.8, 4) is 0 Å². The number of allylic oxidation sites excluding steroid dienone is 2. The van der Waals surface area contributed by atoms with E-state index >= 15 is 0 Å². The van der Waals surface area contributed by atoms with E-state index in [2.05, 4.69) is 58.2 Å². The Labute approximate surface area is 107 Å². The Morgan fingerprint density at radius 1 is 1.29 bits per heavy atom. The Bertz CT molecular complexity index is 330. The van der Waals surface area contributed by atoms with Gasteiger partial charge in [-0.1, -0.05) is 61.9 Å². The minimum atomic E-state index is 0.600. The highest BCUT2D eigenvalue weighted by Gasteiger charge is 2.05. The van der Waals surface area contributed by atoms with Crippen molar-refractivity contribution in [3.63, 3.8) is 0 Å². The molecule has 1 aromatic carbocycles. The van der Waals surface area contributed by atoms with E-state index in [9.17, 15) is 0 Å². The molecule has 0 saturated heterocycles. The summed E-state index contributed by atoms with van der Waals surface area (Å²) in [5.74, 6) is 0.600. The van der Waals surface area contributed by atoms with Gasteiger partial charge in [-0.3, -0.25) is 0 Å². The predicted molar refractivity (Wildman–Crippen MR) is 79.3 cm³/mol. The maximum atomic E-state index is 4.09. The van der Waals surface area contributed by atoms with Gasteiger partial charge in [0.2, 0.25) is 0 Å². The first-order chi connectivity index (χ1) is 8.04. The van der Waals surface area contributed by atoms with Gasteiger partial charge in [0, 0.05) is 0 Å². The molecule has 17 heavy (non-hydrogen) atoms. The average Bonchev–Trinajstić information content (AvgIpc) is 2.32. The fraction of sp³-hybridized carbons (Fsp3) is 0.412. The second kappa shape index (κ2) is 8.81. The molecular weight excluding hydrogens is 204 g/mol. The molecule has 0 heterocycles. The van der Waals surface area contributed by atoms with Gasteiger partial charge in [0.1, 0.15) is 0 Å². The van der Waals surface area contributed by atoms with Crippen molar-refractivity contribution < 1.29 is 0 Å². The van der Waals surface area contributed by atoms with E-state index in [1.54, 1.807) is 6.08 Å². The van der Waals surface area contributed by atoms with E-state index < -0.39 is 0 Å². The van der Waals surface area contributed by atoms with Crippen LogP contribution in [0.3, 0.4) is 0 Å². The Kier molecular flexibility index (Phi) is 8.13. The number of hydrogen-bond acceptors (Lipinski definition) is 0. The zero-order valence-corrected chi connectivity index (χ0v) is 11.8. The molecule has 0 spiro atoms. The van der Waals surface area contributed by atoms with Gasteiger partial charge in [0.25, 0.3) is 0 Å². The van der Waals surface area contributed by atoms with E-state index in [-0.39, 0.29) is 0 Å². The van der Waals surface area contributed by atoms with Crippen LogP contribution in [0, 0.1) is 12.8 Å². The van der Waals surface area contributed by atoms with E-state index in [1.165, 1.54) is 16.7 Å². The van der Waals surface area contributed by atoms with Crippen LogP contribution in [0.4, 0.5) is 0 Å². The highest BCUT2D eigenvalue weighted by atomic mass is 14.1. The van der Waals surface area contributed by atoms with E-state index in [0.717, 1.165) is 12.8 Å². The van der Waals surface area contributed by atoms with Gasteiger partial charge < -0.3 is 0 Å². The summed E-state index contributed by atoms with van der Waals surface area (Å²) in [5, 5.41) is 0. The third-order valence-electron chi connectivity index (χ3n) is 2.81. The van der Waals surface area contributed by atoms with Gasteiger partial charge in [0.15, 0.2) is 0 Å². The summed E-state index contributed by atoms with van der Waals surface area (Å²) in [6.07, 6.45) is 3.96. The van der Waals surface area contributed by atoms with Crippen molar-refractivity contribution in [2.75, 3.05) is 0 Å². The Morgan fingerprint density at radius 2 is 1.76 bits per heavy atom. The third-order valence-corrected chi connectivity index (χ3v) is 2.81. The minimum absolute atomic E-state index is 0.600. The summed E-state index contributed by atoms with van der Waals surface area (Å²) in [5.41, 5.74) is 4.10. The summed E-state index contributed by atoms with van der Waals surface area (Å²) >= 11 is 0. The molecule has 0 saturated carbocycles. The van der Waals surface area contributed by atoms with Crippen molar-refractivity contribution in [2.24, 2.45) is 5.92 Å². The van der Waals surface area contributed by atoms with E-state index in [4.69, 9.17) is 0 Å². The largest absolute Gasteiger partial charge is 0.103 e. The second-order valence-electron chi connectivity index (χ2n) is 4.51. The molecular formula is C17H26. The Hall–Kier alpha value is -1.30. The van der Waals surface area contributed by atoms with E-state index in [0.29, 0.717) is 5.92 Å². The van der Waals surface area contributed by atoms with Crippen molar-refractivity contribution >= 4 is 0 Å². The molecule has 0 N–H and O–H groups in total. The van der Waals surface area contributed by atoms with Gasteiger partial charge in [-0.05, 0) is 38.2 Å². The van der Waals surface area contributed by atoms with E-state index in [1.807, 2.05) is 6.92 Å². The number of benzene rings is 1. The molecule has 94 valence electrons. The monoisotopic (exact) mass is 230 g/mol. The Balaban J connectivity index is 0.000000770. The van der Waals surface area contributed by atoms with Crippen molar-refractivity contribution in [1.29, 1.82) is 0 Å². The van der Waals surface area contributed by atoms with Crippen LogP contribution in [0.1, 0.15) is 38.3 Å². The number of hydrogen-bond donors (Lipinski definition) is 0. The van der Waals surface area contributed by atoms with Crippen LogP contribution in [0.2, 0.25) is 0 Å². The molecule has 0 aromatic heterocycles. The minimum Gasteiger partial charge on any atom is -0.103 e. The first kappa shape index (κ1) is 15.7. The van der Waals surface area contributed by atoms with Gasteiger partial charge in [-0.15, -0.1) is 6.58 Å². The molecule has 0 fully saturated rings. The second-order valence-corrected chi connectivity index (χ2v) is 4.51. The smallest absolute Gasteiger partial charge is 0.0194 e. The lowest BCUT2D eigenvalue weighted by atomic mass is 9.93. The lowest BCUT2D eigenvalue weighted by molar-refractivity contribution is 0.656. The summed E-state index contributed by atoms with van der Waals surface area (Å²) < 4.78 is 0. The maximum Gasteiger partial charge on any atom is -0.0194 e. The lowest BCUT2D eigenvalue weighted by Crippen LogP contribution is -2.01. The van der Waals surface area contributed by atoms with Crippen LogP contribution in [-0.2, 0) is 6.42 Å². The van der Waals surface area contributed by atoms with Crippen molar-refractivity contribution in [1.82, 2.24) is 0 Å². The van der Waals surface area contributed by atoms with Gasteiger partial charge in [0.05, 0.1) is 0 Å². The first-order valence-corrected chi connectivity index (χ1v) is 6.35. The third kappa shape index (κ3) is 6.78. The number of rotatable bonds is 4. The molecule has 0 radical (unpaired) electrons. The first-order valence-electron chi connectivity index (χ1n) is 6.35. The molecule has 0 aliphatic rings. The van der Waals surface area contributed by atoms with Crippen molar-refractivity contribution in [3.05, 3.63) is 60.2 Å². The molecule has 1 aromatic rings. The molecule has 1 rings (SSSR count). The highest BCUT2D eigenvalue weighted by molar-refractivity contribution is 5.22. The summed E-state index contributed by atoms with van der Waals surface area (Å²) in [6.45, 7) is 15.9. The van der Waals surface area contributed by atoms with Crippen LogP contribution in [0.15, 0.2) is 49.1 Å². The molecule has 0 amide bonds. The summed E-state index contributed by atoms with van der Waals surface area (Å²) in [7, 11) is 0.